The minimum atomic E-state index is -0.734. The largest absolute Gasteiger partial charge is 0.440 e. The predicted molar refractivity (Wildman–Crippen MR) is 130 cm³/mol. The minimum absolute atomic E-state index is 0.131. The number of alkyl carbamates (subject to hydrolysis) is 1. The summed E-state index contributed by atoms with van der Waals surface area (Å²) in [6.07, 6.45) is 1.47. The Morgan fingerprint density at radius 3 is 2.85 bits per heavy atom. The Bertz CT molecular complexity index is 1230. The van der Waals surface area contributed by atoms with E-state index >= 15 is 0 Å². The molecule has 4 rings (SSSR count). The summed E-state index contributed by atoms with van der Waals surface area (Å²) >= 11 is 3.63. The highest BCUT2D eigenvalue weighted by Gasteiger charge is 2.46. The number of halogens is 1. The summed E-state index contributed by atoms with van der Waals surface area (Å²) in [4.78, 5) is 42.0. The summed E-state index contributed by atoms with van der Waals surface area (Å²) in [5.74, 6) is 0.131. The molecule has 0 bridgehead atoms. The number of ether oxygens (including phenoxy) is 2. The lowest BCUT2D eigenvalue weighted by Gasteiger charge is -2.22. The van der Waals surface area contributed by atoms with Crippen LogP contribution in [0.3, 0.4) is 0 Å². The van der Waals surface area contributed by atoms with Crippen LogP contribution in [0.15, 0.2) is 46.4 Å². The van der Waals surface area contributed by atoms with Gasteiger partial charge in [-0.25, -0.2) is 14.8 Å². The van der Waals surface area contributed by atoms with Gasteiger partial charge in [0.2, 0.25) is 5.95 Å². The van der Waals surface area contributed by atoms with Gasteiger partial charge in [-0.15, -0.1) is 0 Å². The van der Waals surface area contributed by atoms with Crippen LogP contribution < -0.4 is 10.9 Å². The third-order valence-corrected chi connectivity index (χ3v) is 6.41. The molecule has 1 fully saturated rings. The molecule has 1 unspecified atom stereocenters. The third-order valence-electron chi connectivity index (χ3n) is 5.29. The summed E-state index contributed by atoms with van der Waals surface area (Å²) in [7, 11) is 3.62. The van der Waals surface area contributed by atoms with E-state index in [1.165, 1.54) is 12.7 Å². The van der Waals surface area contributed by atoms with Crippen molar-refractivity contribution in [2.45, 2.75) is 43.2 Å². The van der Waals surface area contributed by atoms with Crippen molar-refractivity contribution in [2.75, 3.05) is 14.1 Å². The summed E-state index contributed by atoms with van der Waals surface area (Å²) in [5.41, 5.74) is 0.962. The van der Waals surface area contributed by atoms with E-state index in [2.05, 4.69) is 41.2 Å². The van der Waals surface area contributed by atoms with E-state index in [4.69, 9.17) is 9.47 Å². The van der Waals surface area contributed by atoms with E-state index in [0.29, 0.717) is 13.0 Å². The quantitative estimate of drug-likeness (QED) is 0.272. The van der Waals surface area contributed by atoms with E-state index in [9.17, 15) is 9.59 Å². The second kappa shape index (κ2) is 10.3. The summed E-state index contributed by atoms with van der Waals surface area (Å²) in [6, 6.07) is 9.55. The van der Waals surface area contributed by atoms with Crippen LogP contribution in [0.25, 0.3) is 11.2 Å². The number of carbonyl (C=O) groups excluding carboxylic acids is 1. The lowest BCUT2D eigenvalue weighted by Crippen LogP contribution is -2.36. The van der Waals surface area contributed by atoms with Gasteiger partial charge in [-0.05, 0) is 12.0 Å². The average Bonchev–Trinajstić information content (AvgIpc) is 3.38. The maximum atomic E-state index is 12.6. The number of aromatic nitrogens is 4. The summed E-state index contributed by atoms with van der Waals surface area (Å²) in [5, 5.41) is 2.77. The van der Waals surface area contributed by atoms with Gasteiger partial charge in [0.25, 0.3) is 5.56 Å². The number of hydrogen-bond donors (Lipinski definition) is 2. The Morgan fingerprint density at radius 2 is 2.15 bits per heavy atom. The zero-order valence-corrected chi connectivity index (χ0v) is 20.6. The lowest BCUT2D eigenvalue weighted by molar-refractivity contribution is -0.0401. The normalized spacial score (nSPS) is 22.4. The molecule has 11 nitrogen and oxygen atoms in total. The van der Waals surface area contributed by atoms with Crippen molar-refractivity contribution in [1.82, 2.24) is 29.7 Å². The summed E-state index contributed by atoms with van der Waals surface area (Å²) in [6.45, 7) is 2.32. The number of amides is 1. The van der Waals surface area contributed by atoms with Crippen molar-refractivity contribution in [1.29, 1.82) is 0 Å². The molecule has 180 valence electrons. The highest BCUT2D eigenvalue weighted by molar-refractivity contribution is 9.09. The number of alkyl halides is 1. The number of aromatic amines is 1. The highest BCUT2D eigenvalue weighted by atomic mass is 79.9. The van der Waals surface area contributed by atoms with Gasteiger partial charge in [-0.3, -0.25) is 14.3 Å². The summed E-state index contributed by atoms with van der Waals surface area (Å²) < 4.78 is 13.6. The molecule has 0 radical (unpaired) electrons. The van der Waals surface area contributed by atoms with Crippen molar-refractivity contribution in [3.63, 3.8) is 0 Å². The molecule has 1 amide bonds. The number of fused-ring (bicyclic) bond motifs is 1. The number of H-pyrrole nitrogens is 1. The Hall–Kier alpha value is -3.25. The van der Waals surface area contributed by atoms with Crippen molar-refractivity contribution in [3.05, 3.63) is 52.6 Å². The molecule has 1 aliphatic rings. The molecule has 4 atom stereocenters. The molecule has 0 spiro atoms. The van der Waals surface area contributed by atoms with Gasteiger partial charge < -0.3 is 19.7 Å². The number of aliphatic imine (C=N–C) groups is 1. The van der Waals surface area contributed by atoms with Crippen LogP contribution in [0.1, 0.15) is 25.1 Å². The number of nitrogens with zero attached hydrogens (tertiary/aromatic N) is 5. The molecule has 3 aromatic rings. The zero-order chi connectivity index (χ0) is 24.2. The predicted octanol–water partition coefficient (Wildman–Crippen LogP) is 2.71. The number of nitrogens with one attached hydrogen (secondary N) is 2. The molecule has 3 heterocycles. The monoisotopic (exact) mass is 531 g/mol. The molecule has 34 heavy (non-hydrogen) atoms. The number of hydrogen-bond acceptors (Lipinski definition) is 7. The molecule has 0 saturated carbocycles. The van der Waals surface area contributed by atoms with E-state index in [-0.39, 0.29) is 28.0 Å². The van der Waals surface area contributed by atoms with Gasteiger partial charge in [-0.2, -0.15) is 4.98 Å². The van der Waals surface area contributed by atoms with Crippen LogP contribution in [0.4, 0.5) is 10.7 Å². The third kappa shape index (κ3) is 5.12. The van der Waals surface area contributed by atoms with Crippen molar-refractivity contribution in [2.24, 2.45) is 4.99 Å². The first-order valence-corrected chi connectivity index (χ1v) is 11.7. The van der Waals surface area contributed by atoms with Crippen molar-refractivity contribution in [3.8, 4) is 0 Å². The maximum Gasteiger partial charge on any atom is 0.407 e. The molecule has 0 aliphatic carbocycles. The Balaban J connectivity index is 1.60. The van der Waals surface area contributed by atoms with Crippen LogP contribution in [0, 0.1) is 0 Å². The molecule has 12 heteroatoms. The topological polar surface area (TPSA) is 127 Å². The minimum Gasteiger partial charge on any atom is -0.440 e. The van der Waals surface area contributed by atoms with Gasteiger partial charge in [0.15, 0.2) is 23.5 Å². The van der Waals surface area contributed by atoms with Gasteiger partial charge in [0.05, 0.1) is 23.6 Å². The highest BCUT2D eigenvalue weighted by Crippen LogP contribution is 2.38. The van der Waals surface area contributed by atoms with Gasteiger partial charge in [0.1, 0.15) is 0 Å². The fourth-order valence-electron chi connectivity index (χ4n) is 3.64. The molecule has 1 aliphatic heterocycles. The van der Waals surface area contributed by atoms with Gasteiger partial charge in [-0.1, -0.05) is 53.2 Å². The van der Waals surface area contributed by atoms with E-state index < -0.39 is 24.0 Å². The molecule has 1 saturated heterocycles. The van der Waals surface area contributed by atoms with Crippen LogP contribution in [0.2, 0.25) is 0 Å². The zero-order valence-electron chi connectivity index (χ0n) is 19.0. The molecular formula is C22H26BrN7O4. The first-order chi connectivity index (χ1) is 16.4. The molecule has 2 aromatic heterocycles. The molecular weight excluding hydrogens is 506 g/mol. The number of imidazole rings is 1. The number of carbonyl (C=O) groups is 1. The van der Waals surface area contributed by atoms with E-state index in [1.807, 2.05) is 51.4 Å². The Labute approximate surface area is 204 Å². The fourth-order valence-corrected chi connectivity index (χ4v) is 4.50. The second-order valence-corrected chi connectivity index (χ2v) is 9.11. The van der Waals surface area contributed by atoms with Crippen LogP contribution >= 0.6 is 15.9 Å². The SMILES string of the molecule is CC[C@H]1O[C@@H](n2cnc3c(=O)[nH]c(N=CN(C)C)nc32)C(OC(=O)NCc2ccccc2)[C@H]1Br. The number of benzene rings is 1. The van der Waals surface area contributed by atoms with Crippen molar-refractivity contribution < 1.29 is 14.3 Å². The second-order valence-electron chi connectivity index (χ2n) is 8.05. The maximum absolute atomic E-state index is 12.6. The first-order valence-electron chi connectivity index (χ1n) is 10.8. The van der Waals surface area contributed by atoms with Crippen LogP contribution in [-0.2, 0) is 16.0 Å². The van der Waals surface area contributed by atoms with Crippen molar-refractivity contribution >= 4 is 45.5 Å². The van der Waals surface area contributed by atoms with Gasteiger partial charge in [0, 0.05) is 20.6 Å². The van der Waals surface area contributed by atoms with Crippen LogP contribution in [0.5, 0.6) is 0 Å². The van der Waals surface area contributed by atoms with Crippen LogP contribution in [-0.4, -0.2) is 68.0 Å². The number of rotatable bonds is 7. The first kappa shape index (κ1) is 23.9. The fraction of sp³-hybridized carbons (Fsp3) is 0.409. The smallest absolute Gasteiger partial charge is 0.407 e. The van der Waals surface area contributed by atoms with E-state index in [0.717, 1.165) is 5.56 Å². The Kier molecular flexibility index (Phi) is 7.27. The standard InChI is InChI=1S/C22H26BrN7O4/c1-4-14-15(23)17(34-22(32)24-10-13-8-6-5-7-9-13)20(33-14)30-12-25-16-18(30)27-21(28-19(16)31)26-11-29(2)3/h5-9,11-12,14-15,17,20H,4,10H2,1-3H3,(H,24,32)(H,27,28,31)/t14-,15+,17?,20-/m1/s1. The lowest BCUT2D eigenvalue weighted by atomic mass is 10.1. The molecule has 2 N–H and O–H groups in total. The van der Waals surface area contributed by atoms with E-state index in [1.54, 1.807) is 9.47 Å². The van der Waals surface area contributed by atoms with Gasteiger partial charge >= 0.3 is 6.09 Å². The average molecular weight is 532 g/mol. The Morgan fingerprint density at radius 1 is 1.38 bits per heavy atom. The molecule has 1 aromatic carbocycles.